The summed E-state index contributed by atoms with van der Waals surface area (Å²) in [6.45, 7) is 0.915. The molecule has 0 aromatic heterocycles. The lowest BCUT2D eigenvalue weighted by Crippen LogP contribution is -2.61. The highest BCUT2D eigenvalue weighted by Crippen LogP contribution is 2.55. The zero-order chi connectivity index (χ0) is 24.1. The van der Waals surface area contributed by atoms with Crippen LogP contribution in [0.2, 0.25) is 0 Å². The van der Waals surface area contributed by atoms with Gasteiger partial charge in [0.05, 0.1) is 10.5 Å². The first-order chi connectivity index (χ1) is 16.0. The van der Waals surface area contributed by atoms with Gasteiger partial charge in [-0.25, -0.2) is 13.2 Å². The van der Waals surface area contributed by atoms with Crippen LogP contribution in [0.4, 0.5) is 18.0 Å². The van der Waals surface area contributed by atoms with Crippen LogP contribution in [-0.2, 0) is 16.2 Å². The molecule has 2 N–H and O–H groups in total. The number of rotatable bonds is 5. The summed E-state index contributed by atoms with van der Waals surface area (Å²) in [5.41, 5.74) is -1.03. The third kappa shape index (κ3) is 4.80. The van der Waals surface area contributed by atoms with Gasteiger partial charge in [0, 0.05) is 25.2 Å². The van der Waals surface area contributed by atoms with Crippen molar-refractivity contribution >= 4 is 16.1 Å². The Kier molecular flexibility index (Phi) is 6.11. The Hall–Kier alpha value is -1.81. The number of alkyl halides is 3. The summed E-state index contributed by atoms with van der Waals surface area (Å²) in [4.78, 5) is 12.3. The van der Waals surface area contributed by atoms with Crippen molar-refractivity contribution in [2.75, 3.05) is 19.6 Å². The van der Waals surface area contributed by atoms with Crippen molar-refractivity contribution in [1.82, 2.24) is 14.9 Å². The SMILES string of the molecule is O=C(NCC1CCN(S(=O)(=O)c2cccc(C(F)(F)F)c2)CC1)NC12CC3CC(CC(C3)C1)C2. The van der Waals surface area contributed by atoms with Crippen LogP contribution in [-0.4, -0.2) is 43.9 Å². The van der Waals surface area contributed by atoms with Gasteiger partial charge in [0.25, 0.3) is 0 Å². The second kappa shape index (κ2) is 8.69. The standard InChI is InChI=1S/C24H32F3N3O3S/c25-24(26,27)20-2-1-3-21(11-20)34(32,33)30-6-4-16(5-7-30)15-28-22(31)29-23-12-17-8-18(13-23)10-19(9-17)14-23/h1-3,11,16-19H,4-10,12-15H2,(H2,28,29,31). The highest BCUT2D eigenvalue weighted by Gasteiger charge is 2.51. The van der Waals surface area contributed by atoms with Gasteiger partial charge >= 0.3 is 12.2 Å². The Morgan fingerprint density at radius 1 is 1.03 bits per heavy atom. The molecular weight excluding hydrogens is 467 g/mol. The van der Waals surface area contributed by atoms with Crippen molar-refractivity contribution in [3.8, 4) is 0 Å². The maximum Gasteiger partial charge on any atom is 0.416 e. The van der Waals surface area contributed by atoms with Crippen molar-refractivity contribution in [2.45, 2.75) is 68.0 Å². The van der Waals surface area contributed by atoms with E-state index in [1.807, 2.05) is 0 Å². The Bertz CT molecular complexity index is 1000. The number of carbonyl (C=O) groups excluding carboxylic acids is 1. The maximum atomic E-state index is 13.0. The van der Waals surface area contributed by atoms with Gasteiger partial charge in [0.1, 0.15) is 0 Å². The molecule has 1 aliphatic heterocycles. The van der Waals surface area contributed by atoms with Crippen molar-refractivity contribution in [2.24, 2.45) is 23.7 Å². The largest absolute Gasteiger partial charge is 0.416 e. The lowest BCUT2D eigenvalue weighted by molar-refractivity contribution is -0.137. The molecule has 0 radical (unpaired) electrons. The molecule has 34 heavy (non-hydrogen) atoms. The minimum Gasteiger partial charge on any atom is -0.338 e. The van der Waals surface area contributed by atoms with Crippen LogP contribution in [0.5, 0.6) is 0 Å². The van der Waals surface area contributed by atoms with Gasteiger partial charge < -0.3 is 10.6 Å². The average molecular weight is 500 g/mol. The third-order valence-electron chi connectivity index (χ3n) is 8.34. The molecule has 0 unspecified atom stereocenters. The van der Waals surface area contributed by atoms with E-state index in [1.54, 1.807) is 0 Å². The molecule has 4 aliphatic carbocycles. The lowest BCUT2D eigenvalue weighted by atomic mass is 9.53. The van der Waals surface area contributed by atoms with E-state index in [9.17, 15) is 26.4 Å². The van der Waals surface area contributed by atoms with E-state index in [1.165, 1.54) is 29.6 Å². The number of amides is 2. The molecule has 1 saturated heterocycles. The van der Waals surface area contributed by atoms with Gasteiger partial charge in [-0.1, -0.05) is 6.07 Å². The first-order valence-electron chi connectivity index (χ1n) is 12.3. The van der Waals surface area contributed by atoms with Crippen LogP contribution in [0.1, 0.15) is 56.9 Å². The minimum atomic E-state index is -4.60. The number of benzene rings is 1. The van der Waals surface area contributed by atoms with E-state index in [0.717, 1.165) is 49.1 Å². The number of urea groups is 1. The van der Waals surface area contributed by atoms with Crippen LogP contribution in [0.3, 0.4) is 0 Å². The number of halogens is 3. The fourth-order valence-corrected chi connectivity index (χ4v) is 8.64. The molecule has 1 heterocycles. The predicted octanol–water partition coefficient (Wildman–Crippen LogP) is 4.37. The van der Waals surface area contributed by atoms with E-state index in [0.29, 0.717) is 25.5 Å². The molecule has 10 heteroatoms. The molecular formula is C24H32F3N3O3S. The first kappa shape index (κ1) is 23.9. The molecule has 2 amide bonds. The Morgan fingerprint density at radius 2 is 1.62 bits per heavy atom. The molecule has 5 aliphatic rings. The summed E-state index contributed by atoms with van der Waals surface area (Å²) in [5.74, 6) is 2.37. The number of sulfonamides is 1. The Morgan fingerprint density at radius 3 is 2.18 bits per heavy atom. The molecule has 0 spiro atoms. The number of nitrogens with zero attached hydrogens (tertiary/aromatic N) is 1. The normalized spacial score (nSPS) is 32.0. The number of hydrogen-bond acceptors (Lipinski definition) is 3. The molecule has 6 rings (SSSR count). The first-order valence-corrected chi connectivity index (χ1v) is 13.7. The van der Waals surface area contributed by atoms with Crippen molar-refractivity contribution in [3.05, 3.63) is 29.8 Å². The highest BCUT2D eigenvalue weighted by molar-refractivity contribution is 7.89. The van der Waals surface area contributed by atoms with Crippen LogP contribution in [0.25, 0.3) is 0 Å². The van der Waals surface area contributed by atoms with E-state index >= 15 is 0 Å². The van der Waals surface area contributed by atoms with E-state index < -0.39 is 21.8 Å². The van der Waals surface area contributed by atoms with Crippen LogP contribution >= 0.6 is 0 Å². The molecule has 1 aromatic rings. The number of nitrogens with one attached hydrogen (secondary N) is 2. The summed E-state index contributed by atoms with van der Waals surface area (Å²) in [7, 11) is -4.00. The van der Waals surface area contributed by atoms with Gasteiger partial charge in [0.2, 0.25) is 10.0 Å². The van der Waals surface area contributed by atoms with E-state index in [4.69, 9.17) is 0 Å². The van der Waals surface area contributed by atoms with Crippen LogP contribution in [0, 0.1) is 23.7 Å². The molecule has 6 nitrogen and oxygen atoms in total. The molecule has 0 atom stereocenters. The highest BCUT2D eigenvalue weighted by atomic mass is 32.2. The molecule has 5 fully saturated rings. The van der Waals surface area contributed by atoms with Gasteiger partial charge in [-0.3, -0.25) is 0 Å². The minimum absolute atomic E-state index is 0.0543. The van der Waals surface area contributed by atoms with Crippen LogP contribution in [0.15, 0.2) is 29.2 Å². The zero-order valence-corrected chi connectivity index (χ0v) is 19.9. The fourth-order valence-electron chi connectivity index (χ4n) is 7.12. The average Bonchev–Trinajstić information content (AvgIpc) is 2.76. The number of piperidine rings is 1. The van der Waals surface area contributed by atoms with E-state index in [-0.39, 0.29) is 35.5 Å². The second-order valence-electron chi connectivity index (χ2n) is 10.9. The Balaban J connectivity index is 1.12. The zero-order valence-electron chi connectivity index (χ0n) is 19.1. The topological polar surface area (TPSA) is 78.5 Å². The fraction of sp³-hybridized carbons (Fsp3) is 0.708. The predicted molar refractivity (Wildman–Crippen MR) is 120 cm³/mol. The van der Waals surface area contributed by atoms with Gasteiger partial charge in [-0.2, -0.15) is 17.5 Å². The summed E-state index contributed by atoms with van der Waals surface area (Å²) >= 11 is 0. The summed E-state index contributed by atoms with van der Waals surface area (Å²) in [5, 5.41) is 6.28. The molecule has 4 bridgehead atoms. The molecule has 1 aromatic carbocycles. The summed E-state index contributed by atoms with van der Waals surface area (Å²) < 4.78 is 66.0. The summed E-state index contributed by atoms with van der Waals surface area (Å²) in [6.07, 6.45) is 3.68. The van der Waals surface area contributed by atoms with Crippen molar-refractivity contribution in [3.63, 3.8) is 0 Å². The van der Waals surface area contributed by atoms with Gasteiger partial charge in [-0.05, 0) is 93.2 Å². The quantitative estimate of drug-likeness (QED) is 0.632. The molecule has 4 saturated carbocycles. The number of hydrogen-bond donors (Lipinski definition) is 2. The maximum absolute atomic E-state index is 13.0. The van der Waals surface area contributed by atoms with Gasteiger partial charge in [-0.15, -0.1) is 0 Å². The Labute approximate surface area is 198 Å². The lowest BCUT2D eigenvalue weighted by Gasteiger charge is -2.56. The van der Waals surface area contributed by atoms with Crippen LogP contribution < -0.4 is 10.6 Å². The third-order valence-corrected chi connectivity index (χ3v) is 10.2. The van der Waals surface area contributed by atoms with Gasteiger partial charge in [0.15, 0.2) is 0 Å². The smallest absolute Gasteiger partial charge is 0.338 e. The second-order valence-corrected chi connectivity index (χ2v) is 12.8. The summed E-state index contributed by atoms with van der Waals surface area (Å²) in [6, 6.07) is 3.74. The van der Waals surface area contributed by atoms with Crippen molar-refractivity contribution < 1.29 is 26.4 Å². The monoisotopic (exact) mass is 499 g/mol. The van der Waals surface area contributed by atoms with Crippen molar-refractivity contribution in [1.29, 1.82) is 0 Å². The molecule has 188 valence electrons. The van der Waals surface area contributed by atoms with E-state index in [2.05, 4.69) is 10.6 Å². The number of carbonyl (C=O) groups is 1.